The van der Waals surface area contributed by atoms with Crippen LogP contribution in [-0.4, -0.2) is 55.1 Å². The molecule has 1 aromatic heterocycles. The molecule has 1 aliphatic rings. The predicted octanol–water partition coefficient (Wildman–Crippen LogP) is 3.43. The number of aromatic nitrogens is 1. The molecular formula is C21H26F3N5. The normalized spacial score (nSPS) is 15.5. The third-order valence-corrected chi connectivity index (χ3v) is 4.84. The van der Waals surface area contributed by atoms with Gasteiger partial charge in [0.05, 0.1) is 5.56 Å². The van der Waals surface area contributed by atoms with Crippen molar-refractivity contribution in [2.24, 2.45) is 4.99 Å². The van der Waals surface area contributed by atoms with E-state index in [1.807, 2.05) is 30.2 Å². The van der Waals surface area contributed by atoms with Gasteiger partial charge in [0.15, 0.2) is 5.96 Å². The van der Waals surface area contributed by atoms with Crippen LogP contribution in [0.1, 0.15) is 18.1 Å². The van der Waals surface area contributed by atoms with E-state index in [1.165, 1.54) is 12.1 Å². The Hall–Kier alpha value is -2.77. The molecule has 0 spiro atoms. The van der Waals surface area contributed by atoms with Gasteiger partial charge >= 0.3 is 6.18 Å². The second-order valence-corrected chi connectivity index (χ2v) is 6.87. The van der Waals surface area contributed by atoms with Gasteiger partial charge in [-0.3, -0.25) is 9.98 Å². The van der Waals surface area contributed by atoms with Gasteiger partial charge in [0.2, 0.25) is 0 Å². The number of alkyl halides is 3. The first kappa shape index (κ1) is 21.0. The number of halogens is 3. The monoisotopic (exact) mass is 405 g/mol. The Morgan fingerprint density at radius 1 is 1.14 bits per heavy atom. The summed E-state index contributed by atoms with van der Waals surface area (Å²) < 4.78 is 38.9. The number of benzene rings is 1. The van der Waals surface area contributed by atoms with Crippen LogP contribution in [0.25, 0.3) is 0 Å². The van der Waals surface area contributed by atoms with Crippen molar-refractivity contribution in [3.63, 3.8) is 0 Å². The highest BCUT2D eigenvalue weighted by Crippen LogP contribution is 2.31. The molecule has 1 fully saturated rings. The van der Waals surface area contributed by atoms with Crippen molar-refractivity contribution >= 4 is 11.6 Å². The highest BCUT2D eigenvalue weighted by atomic mass is 19.4. The van der Waals surface area contributed by atoms with Crippen molar-refractivity contribution < 1.29 is 13.2 Å². The number of rotatable bonds is 5. The first-order valence-electron chi connectivity index (χ1n) is 9.81. The van der Waals surface area contributed by atoms with Crippen LogP contribution in [0.4, 0.5) is 18.9 Å². The smallest absolute Gasteiger partial charge is 0.368 e. The van der Waals surface area contributed by atoms with Gasteiger partial charge in [0.1, 0.15) is 0 Å². The average molecular weight is 405 g/mol. The summed E-state index contributed by atoms with van der Waals surface area (Å²) >= 11 is 0. The van der Waals surface area contributed by atoms with Crippen LogP contribution in [0.3, 0.4) is 0 Å². The Morgan fingerprint density at radius 3 is 2.59 bits per heavy atom. The van der Waals surface area contributed by atoms with Gasteiger partial charge < -0.3 is 15.1 Å². The van der Waals surface area contributed by atoms with E-state index in [4.69, 9.17) is 4.99 Å². The third-order valence-electron chi connectivity index (χ3n) is 4.84. The van der Waals surface area contributed by atoms with E-state index in [9.17, 15) is 13.2 Å². The maximum absolute atomic E-state index is 13.0. The van der Waals surface area contributed by atoms with Gasteiger partial charge in [-0.1, -0.05) is 12.1 Å². The van der Waals surface area contributed by atoms with Gasteiger partial charge in [0, 0.05) is 57.3 Å². The molecule has 0 unspecified atom stereocenters. The SMILES string of the molecule is CCNC(=NCCc1cccnc1)N1CCN(c2cccc(C(F)(F)F)c2)CC1. The lowest BCUT2D eigenvalue weighted by atomic mass is 10.1. The zero-order chi connectivity index (χ0) is 20.7. The van der Waals surface area contributed by atoms with E-state index < -0.39 is 11.7 Å². The van der Waals surface area contributed by atoms with E-state index >= 15 is 0 Å². The van der Waals surface area contributed by atoms with Gasteiger partial charge in [-0.2, -0.15) is 13.2 Å². The third kappa shape index (κ3) is 5.85. The molecule has 3 rings (SSSR count). The summed E-state index contributed by atoms with van der Waals surface area (Å²) in [5, 5.41) is 3.32. The minimum absolute atomic E-state index is 0.609. The number of hydrogen-bond donors (Lipinski definition) is 1. The molecule has 8 heteroatoms. The number of piperazine rings is 1. The van der Waals surface area contributed by atoms with E-state index in [0.29, 0.717) is 38.4 Å². The van der Waals surface area contributed by atoms with E-state index in [2.05, 4.69) is 15.2 Å². The predicted molar refractivity (Wildman–Crippen MR) is 109 cm³/mol. The Balaban J connectivity index is 1.59. The van der Waals surface area contributed by atoms with Crippen LogP contribution in [0.2, 0.25) is 0 Å². The molecule has 2 aromatic rings. The topological polar surface area (TPSA) is 43.8 Å². The fourth-order valence-electron chi connectivity index (χ4n) is 3.32. The maximum Gasteiger partial charge on any atom is 0.416 e. The number of guanidine groups is 1. The molecule has 2 heterocycles. The molecule has 1 N–H and O–H groups in total. The van der Waals surface area contributed by atoms with Crippen molar-refractivity contribution in [3.8, 4) is 0 Å². The highest BCUT2D eigenvalue weighted by Gasteiger charge is 2.31. The van der Waals surface area contributed by atoms with Crippen molar-refractivity contribution in [2.45, 2.75) is 19.5 Å². The van der Waals surface area contributed by atoms with E-state index in [0.717, 1.165) is 30.6 Å². The van der Waals surface area contributed by atoms with Crippen molar-refractivity contribution in [2.75, 3.05) is 44.2 Å². The average Bonchev–Trinajstić information content (AvgIpc) is 2.73. The summed E-state index contributed by atoms with van der Waals surface area (Å²) in [7, 11) is 0. The molecule has 29 heavy (non-hydrogen) atoms. The summed E-state index contributed by atoms with van der Waals surface area (Å²) in [5.74, 6) is 0.847. The summed E-state index contributed by atoms with van der Waals surface area (Å²) in [6, 6.07) is 9.48. The zero-order valence-electron chi connectivity index (χ0n) is 16.5. The molecule has 1 saturated heterocycles. The minimum atomic E-state index is -4.32. The Kier molecular flexibility index (Phi) is 6.95. The molecular weight excluding hydrogens is 379 g/mol. The fraction of sp³-hybridized carbons (Fsp3) is 0.429. The lowest BCUT2D eigenvalue weighted by Crippen LogP contribution is -2.52. The van der Waals surface area contributed by atoms with Crippen molar-refractivity contribution in [1.29, 1.82) is 0 Å². The second-order valence-electron chi connectivity index (χ2n) is 6.87. The summed E-state index contributed by atoms with van der Waals surface area (Å²) in [5.41, 5.74) is 1.14. The number of hydrogen-bond acceptors (Lipinski definition) is 3. The highest BCUT2D eigenvalue weighted by molar-refractivity contribution is 5.80. The first-order valence-corrected chi connectivity index (χ1v) is 9.81. The Labute approximate surface area is 169 Å². The number of anilines is 1. The molecule has 0 radical (unpaired) electrons. The van der Waals surface area contributed by atoms with Gasteiger partial charge in [-0.15, -0.1) is 0 Å². The van der Waals surface area contributed by atoms with Crippen LogP contribution in [0, 0.1) is 0 Å². The summed E-state index contributed by atoms with van der Waals surface area (Å²) in [6.45, 7) is 6.14. The molecule has 156 valence electrons. The Bertz CT molecular complexity index is 799. The number of aliphatic imine (C=N–C) groups is 1. The largest absolute Gasteiger partial charge is 0.416 e. The number of pyridine rings is 1. The van der Waals surface area contributed by atoms with Crippen molar-refractivity contribution in [1.82, 2.24) is 15.2 Å². The van der Waals surface area contributed by atoms with E-state index in [1.54, 1.807) is 12.3 Å². The van der Waals surface area contributed by atoms with E-state index in [-0.39, 0.29) is 0 Å². The second kappa shape index (κ2) is 9.62. The van der Waals surface area contributed by atoms with Crippen LogP contribution >= 0.6 is 0 Å². The van der Waals surface area contributed by atoms with Crippen LogP contribution in [0.15, 0.2) is 53.8 Å². The van der Waals surface area contributed by atoms with Crippen LogP contribution in [0.5, 0.6) is 0 Å². The molecule has 1 aliphatic heterocycles. The van der Waals surface area contributed by atoms with Gasteiger partial charge in [-0.05, 0) is 43.2 Å². The molecule has 0 atom stereocenters. The van der Waals surface area contributed by atoms with Gasteiger partial charge in [0.25, 0.3) is 0 Å². The van der Waals surface area contributed by atoms with Gasteiger partial charge in [-0.25, -0.2) is 0 Å². The molecule has 5 nitrogen and oxygen atoms in total. The Morgan fingerprint density at radius 2 is 1.93 bits per heavy atom. The molecule has 0 aliphatic carbocycles. The standard InChI is InChI=1S/C21H26F3N5/c1-2-26-20(27-10-8-17-5-4-9-25-16-17)29-13-11-28(12-14-29)19-7-3-6-18(15-19)21(22,23)24/h3-7,9,15-16H,2,8,10-14H2,1H3,(H,26,27). The number of nitrogens with one attached hydrogen (secondary N) is 1. The zero-order valence-corrected chi connectivity index (χ0v) is 16.5. The molecule has 0 saturated carbocycles. The van der Waals surface area contributed by atoms with Crippen LogP contribution in [-0.2, 0) is 12.6 Å². The molecule has 0 bridgehead atoms. The molecule has 1 aromatic carbocycles. The lowest BCUT2D eigenvalue weighted by molar-refractivity contribution is -0.137. The number of nitrogens with zero attached hydrogens (tertiary/aromatic N) is 4. The summed E-state index contributed by atoms with van der Waals surface area (Å²) in [6.07, 6.45) is 0.0842. The first-order chi connectivity index (χ1) is 14.0. The quantitative estimate of drug-likeness (QED) is 0.612. The van der Waals surface area contributed by atoms with Crippen molar-refractivity contribution in [3.05, 3.63) is 59.9 Å². The summed E-state index contributed by atoms with van der Waals surface area (Å²) in [4.78, 5) is 13.0. The fourth-order valence-corrected chi connectivity index (χ4v) is 3.32. The minimum Gasteiger partial charge on any atom is -0.368 e. The lowest BCUT2D eigenvalue weighted by Gasteiger charge is -2.38. The maximum atomic E-state index is 13.0. The molecule has 0 amide bonds. The van der Waals surface area contributed by atoms with Crippen LogP contribution < -0.4 is 10.2 Å².